The lowest BCUT2D eigenvalue weighted by molar-refractivity contribution is -0.139. The Hall–Kier alpha value is -0.550. The van der Waals surface area contributed by atoms with Gasteiger partial charge in [0, 0.05) is 5.02 Å². The molecule has 6 heteroatoms. The van der Waals surface area contributed by atoms with E-state index in [9.17, 15) is 13.2 Å². The van der Waals surface area contributed by atoms with Crippen molar-refractivity contribution in [3.8, 4) is 5.75 Å². The van der Waals surface area contributed by atoms with Crippen molar-refractivity contribution in [2.45, 2.75) is 13.1 Å². The van der Waals surface area contributed by atoms with Gasteiger partial charge >= 0.3 is 6.18 Å². The molecule has 1 unspecified atom stereocenters. The minimum absolute atomic E-state index is 0.0342. The second-order valence-corrected chi connectivity index (χ2v) is 4.54. The standard InChI is InChI=1S/C11H12ClF3OS/c1-7(6-17)5-16-10-3-2-8(12)4-9(10)11(13,14)15/h2-4,7,17H,5-6H2,1H3. The quantitative estimate of drug-likeness (QED) is 0.811. The van der Waals surface area contributed by atoms with E-state index in [1.807, 2.05) is 6.92 Å². The summed E-state index contributed by atoms with van der Waals surface area (Å²) < 4.78 is 43.2. The summed E-state index contributed by atoms with van der Waals surface area (Å²) in [5.74, 6) is 0.431. The van der Waals surface area contributed by atoms with Crippen molar-refractivity contribution in [2.24, 2.45) is 5.92 Å². The van der Waals surface area contributed by atoms with Gasteiger partial charge in [-0.15, -0.1) is 0 Å². The van der Waals surface area contributed by atoms with Crippen LogP contribution in [0.1, 0.15) is 12.5 Å². The summed E-state index contributed by atoms with van der Waals surface area (Å²) in [5.41, 5.74) is -0.851. The molecular formula is C11H12ClF3OS. The summed E-state index contributed by atoms with van der Waals surface area (Å²) >= 11 is 9.58. The molecular weight excluding hydrogens is 273 g/mol. The van der Waals surface area contributed by atoms with Crippen molar-refractivity contribution >= 4 is 24.2 Å². The van der Waals surface area contributed by atoms with E-state index in [1.165, 1.54) is 12.1 Å². The maximum Gasteiger partial charge on any atom is 0.420 e. The number of hydrogen-bond donors (Lipinski definition) is 1. The summed E-state index contributed by atoms with van der Waals surface area (Å²) in [7, 11) is 0. The molecule has 0 aliphatic carbocycles. The SMILES string of the molecule is CC(CS)COc1ccc(Cl)cc1C(F)(F)F. The van der Waals surface area contributed by atoms with Crippen LogP contribution in [-0.2, 0) is 6.18 Å². The van der Waals surface area contributed by atoms with Gasteiger partial charge in [-0.3, -0.25) is 0 Å². The van der Waals surface area contributed by atoms with E-state index in [2.05, 4.69) is 12.6 Å². The molecule has 0 N–H and O–H groups in total. The highest BCUT2D eigenvalue weighted by molar-refractivity contribution is 7.80. The fourth-order valence-electron chi connectivity index (χ4n) is 1.13. The van der Waals surface area contributed by atoms with Crippen LogP contribution in [0.5, 0.6) is 5.75 Å². The van der Waals surface area contributed by atoms with Crippen LogP contribution in [0.2, 0.25) is 5.02 Å². The Morgan fingerprint density at radius 2 is 2.06 bits per heavy atom. The van der Waals surface area contributed by atoms with Crippen LogP contribution in [0, 0.1) is 5.92 Å². The Kier molecular flexibility index (Phi) is 5.01. The molecule has 1 aromatic carbocycles. The van der Waals surface area contributed by atoms with Gasteiger partial charge in [-0.1, -0.05) is 18.5 Å². The van der Waals surface area contributed by atoms with Crippen LogP contribution in [0.15, 0.2) is 18.2 Å². The Balaban J connectivity index is 2.91. The van der Waals surface area contributed by atoms with Crippen molar-refractivity contribution in [1.29, 1.82) is 0 Å². The number of thiol groups is 1. The molecule has 1 rings (SSSR count). The summed E-state index contributed by atoms with van der Waals surface area (Å²) in [6.45, 7) is 2.03. The molecule has 1 atom stereocenters. The second kappa shape index (κ2) is 5.87. The third-order valence-corrected chi connectivity index (χ3v) is 2.94. The summed E-state index contributed by atoms with van der Waals surface area (Å²) in [5, 5.41) is 0.0342. The smallest absolute Gasteiger partial charge is 0.420 e. The third-order valence-electron chi connectivity index (χ3n) is 2.08. The van der Waals surface area contributed by atoms with E-state index < -0.39 is 11.7 Å². The van der Waals surface area contributed by atoms with Crippen molar-refractivity contribution in [1.82, 2.24) is 0 Å². The fourth-order valence-corrected chi connectivity index (χ4v) is 1.41. The van der Waals surface area contributed by atoms with Crippen molar-refractivity contribution in [3.63, 3.8) is 0 Å². The van der Waals surface area contributed by atoms with Gasteiger partial charge in [0.05, 0.1) is 12.2 Å². The molecule has 96 valence electrons. The maximum absolute atomic E-state index is 12.7. The number of rotatable bonds is 4. The van der Waals surface area contributed by atoms with Crippen LogP contribution in [0.25, 0.3) is 0 Å². The molecule has 0 heterocycles. The lowest BCUT2D eigenvalue weighted by atomic mass is 10.2. The van der Waals surface area contributed by atoms with Gasteiger partial charge in [-0.2, -0.15) is 25.8 Å². The molecule has 0 saturated carbocycles. The first kappa shape index (κ1) is 14.5. The highest BCUT2D eigenvalue weighted by Crippen LogP contribution is 2.37. The van der Waals surface area contributed by atoms with Gasteiger partial charge in [-0.25, -0.2) is 0 Å². The van der Waals surface area contributed by atoms with E-state index in [4.69, 9.17) is 16.3 Å². The summed E-state index contributed by atoms with van der Waals surface area (Å²) in [6.07, 6.45) is -4.47. The molecule has 0 amide bonds. The largest absolute Gasteiger partial charge is 0.493 e. The highest BCUT2D eigenvalue weighted by atomic mass is 35.5. The van der Waals surface area contributed by atoms with E-state index in [-0.39, 0.29) is 23.3 Å². The average molecular weight is 285 g/mol. The Morgan fingerprint density at radius 3 is 2.59 bits per heavy atom. The van der Waals surface area contributed by atoms with Crippen molar-refractivity contribution in [3.05, 3.63) is 28.8 Å². The van der Waals surface area contributed by atoms with Gasteiger partial charge in [0.15, 0.2) is 0 Å². The molecule has 17 heavy (non-hydrogen) atoms. The van der Waals surface area contributed by atoms with Crippen LogP contribution < -0.4 is 4.74 Å². The van der Waals surface area contributed by atoms with Gasteiger partial charge in [-0.05, 0) is 29.9 Å². The zero-order valence-corrected chi connectivity index (χ0v) is 10.7. The fraction of sp³-hybridized carbons (Fsp3) is 0.455. The molecule has 0 radical (unpaired) electrons. The molecule has 1 aromatic rings. The lowest BCUT2D eigenvalue weighted by Gasteiger charge is -2.16. The summed E-state index contributed by atoms with van der Waals surface area (Å²) in [4.78, 5) is 0. The maximum atomic E-state index is 12.7. The first-order valence-electron chi connectivity index (χ1n) is 4.95. The van der Waals surface area contributed by atoms with Crippen LogP contribution in [0.3, 0.4) is 0 Å². The first-order chi connectivity index (χ1) is 7.84. The predicted octanol–water partition coefficient (Wildman–Crippen LogP) is 4.30. The molecule has 0 spiro atoms. The third kappa shape index (κ3) is 4.32. The van der Waals surface area contributed by atoms with Gasteiger partial charge in [0.2, 0.25) is 0 Å². The minimum atomic E-state index is -4.47. The first-order valence-corrected chi connectivity index (χ1v) is 5.96. The topological polar surface area (TPSA) is 9.23 Å². The number of halogens is 4. The molecule has 1 nitrogen and oxygen atoms in total. The van der Waals surface area contributed by atoms with Crippen molar-refractivity contribution < 1.29 is 17.9 Å². The Morgan fingerprint density at radius 1 is 1.41 bits per heavy atom. The molecule has 0 fully saturated rings. The monoisotopic (exact) mass is 284 g/mol. The molecule has 0 aromatic heterocycles. The lowest BCUT2D eigenvalue weighted by Crippen LogP contribution is -2.13. The number of benzene rings is 1. The second-order valence-electron chi connectivity index (χ2n) is 3.74. The number of hydrogen-bond acceptors (Lipinski definition) is 2. The predicted molar refractivity (Wildman–Crippen MR) is 65.0 cm³/mol. The zero-order chi connectivity index (χ0) is 13.1. The van der Waals surface area contributed by atoms with Gasteiger partial charge in [0.25, 0.3) is 0 Å². The molecule has 0 aliphatic heterocycles. The highest BCUT2D eigenvalue weighted by Gasteiger charge is 2.34. The Labute approximate surface area is 108 Å². The van der Waals surface area contributed by atoms with Crippen LogP contribution >= 0.6 is 24.2 Å². The summed E-state index contributed by atoms with van der Waals surface area (Å²) in [6, 6.07) is 3.47. The number of ether oxygens (including phenoxy) is 1. The van der Waals surface area contributed by atoms with E-state index >= 15 is 0 Å². The van der Waals surface area contributed by atoms with Crippen LogP contribution in [-0.4, -0.2) is 12.4 Å². The van der Waals surface area contributed by atoms with Gasteiger partial charge in [0.1, 0.15) is 5.75 Å². The molecule has 0 bridgehead atoms. The molecule has 0 aliphatic rings. The van der Waals surface area contributed by atoms with E-state index in [0.717, 1.165) is 6.07 Å². The number of alkyl halides is 3. The molecule has 0 saturated heterocycles. The van der Waals surface area contributed by atoms with Crippen LogP contribution in [0.4, 0.5) is 13.2 Å². The minimum Gasteiger partial charge on any atom is -0.493 e. The normalized spacial score (nSPS) is 13.5. The van der Waals surface area contributed by atoms with E-state index in [1.54, 1.807) is 0 Å². The zero-order valence-electron chi connectivity index (χ0n) is 9.09. The van der Waals surface area contributed by atoms with Gasteiger partial charge < -0.3 is 4.74 Å². The Bertz CT molecular complexity index is 381. The van der Waals surface area contributed by atoms with Crippen molar-refractivity contribution in [2.75, 3.05) is 12.4 Å². The van der Waals surface area contributed by atoms with E-state index in [0.29, 0.717) is 5.75 Å². The average Bonchev–Trinajstić information content (AvgIpc) is 2.25.